The normalized spacial score (nSPS) is 13.1. The van der Waals surface area contributed by atoms with Gasteiger partial charge in [0.25, 0.3) is 0 Å². The SMILES string of the molecule is COCCCC(NN)c1csc(I)c1. The summed E-state index contributed by atoms with van der Waals surface area (Å²) in [5, 5.41) is 2.15. The fourth-order valence-electron chi connectivity index (χ4n) is 1.28. The number of halogens is 1. The molecule has 1 heterocycles. The van der Waals surface area contributed by atoms with Crippen molar-refractivity contribution in [2.75, 3.05) is 13.7 Å². The maximum Gasteiger partial charge on any atom is 0.0656 e. The molecule has 5 heteroatoms. The highest BCUT2D eigenvalue weighted by Gasteiger charge is 2.10. The highest BCUT2D eigenvalue weighted by atomic mass is 127. The van der Waals surface area contributed by atoms with Gasteiger partial charge in [0, 0.05) is 19.8 Å². The van der Waals surface area contributed by atoms with Crippen LogP contribution in [0.2, 0.25) is 0 Å². The summed E-state index contributed by atoms with van der Waals surface area (Å²) in [6, 6.07) is 2.42. The Bertz CT molecular complexity index is 267. The molecule has 1 unspecified atom stereocenters. The van der Waals surface area contributed by atoms with E-state index < -0.39 is 0 Å². The Balaban J connectivity index is 2.45. The summed E-state index contributed by atoms with van der Waals surface area (Å²) in [7, 11) is 1.72. The average Bonchev–Trinajstić information content (AvgIpc) is 2.60. The van der Waals surface area contributed by atoms with Crippen molar-refractivity contribution in [1.29, 1.82) is 0 Å². The molecule has 14 heavy (non-hydrogen) atoms. The largest absolute Gasteiger partial charge is 0.385 e. The number of hydrogen-bond acceptors (Lipinski definition) is 4. The first-order chi connectivity index (χ1) is 6.77. The molecule has 0 fully saturated rings. The molecular weight excluding hydrogens is 311 g/mol. The molecular formula is C9H15IN2OS. The zero-order chi connectivity index (χ0) is 10.4. The molecule has 3 nitrogen and oxygen atoms in total. The molecule has 80 valence electrons. The predicted octanol–water partition coefficient (Wildman–Crippen LogP) is 2.28. The standard InChI is InChI=1S/C9H15IN2OS/c1-13-4-2-3-8(12-11)7-5-9(10)14-6-7/h5-6,8,12H,2-4,11H2,1H3. The van der Waals surface area contributed by atoms with Gasteiger partial charge in [-0.3, -0.25) is 11.3 Å². The van der Waals surface area contributed by atoms with Gasteiger partial charge in [-0.25, -0.2) is 0 Å². The van der Waals surface area contributed by atoms with E-state index in [0.717, 1.165) is 19.4 Å². The molecule has 0 aliphatic heterocycles. The van der Waals surface area contributed by atoms with Crippen molar-refractivity contribution in [3.63, 3.8) is 0 Å². The van der Waals surface area contributed by atoms with Crippen molar-refractivity contribution in [2.24, 2.45) is 5.84 Å². The minimum absolute atomic E-state index is 0.255. The van der Waals surface area contributed by atoms with Gasteiger partial charge in [0.2, 0.25) is 0 Å². The van der Waals surface area contributed by atoms with Crippen molar-refractivity contribution >= 4 is 33.9 Å². The maximum atomic E-state index is 5.51. The highest BCUT2D eigenvalue weighted by molar-refractivity contribution is 14.1. The molecule has 1 aromatic rings. The molecule has 3 N–H and O–H groups in total. The van der Waals surface area contributed by atoms with E-state index in [4.69, 9.17) is 10.6 Å². The Morgan fingerprint density at radius 2 is 2.50 bits per heavy atom. The first-order valence-corrected chi connectivity index (χ1v) is 6.42. The van der Waals surface area contributed by atoms with Crippen molar-refractivity contribution in [3.8, 4) is 0 Å². The summed E-state index contributed by atoms with van der Waals surface area (Å²) >= 11 is 4.07. The lowest BCUT2D eigenvalue weighted by Crippen LogP contribution is -2.27. The van der Waals surface area contributed by atoms with Crippen molar-refractivity contribution in [2.45, 2.75) is 18.9 Å². The first-order valence-electron chi connectivity index (χ1n) is 4.47. The van der Waals surface area contributed by atoms with Crippen LogP contribution in [0.1, 0.15) is 24.4 Å². The second-order valence-corrected chi connectivity index (χ2v) is 5.84. The minimum atomic E-state index is 0.255. The molecule has 0 radical (unpaired) electrons. The Hall–Kier alpha value is 0.310. The fourth-order valence-corrected chi connectivity index (χ4v) is 2.71. The van der Waals surface area contributed by atoms with E-state index in [1.165, 1.54) is 8.45 Å². The quantitative estimate of drug-likeness (QED) is 0.365. The van der Waals surface area contributed by atoms with Crippen LogP contribution in [0.25, 0.3) is 0 Å². The zero-order valence-electron chi connectivity index (χ0n) is 8.13. The van der Waals surface area contributed by atoms with Crippen LogP contribution < -0.4 is 11.3 Å². The maximum absolute atomic E-state index is 5.51. The molecule has 0 amide bonds. The topological polar surface area (TPSA) is 47.3 Å². The Morgan fingerprint density at radius 3 is 3.00 bits per heavy atom. The van der Waals surface area contributed by atoms with Gasteiger partial charge in [-0.05, 0) is 52.4 Å². The van der Waals surface area contributed by atoms with Gasteiger partial charge in [-0.2, -0.15) is 0 Å². The van der Waals surface area contributed by atoms with Gasteiger partial charge >= 0.3 is 0 Å². The Morgan fingerprint density at radius 1 is 1.71 bits per heavy atom. The van der Waals surface area contributed by atoms with Gasteiger partial charge < -0.3 is 4.74 Å². The van der Waals surface area contributed by atoms with Crippen molar-refractivity contribution in [3.05, 3.63) is 19.9 Å². The summed E-state index contributed by atoms with van der Waals surface area (Å²) in [5.74, 6) is 5.51. The minimum Gasteiger partial charge on any atom is -0.385 e. The van der Waals surface area contributed by atoms with Crippen LogP contribution in [0.4, 0.5) is 0 Å². The van der Waals surface area contributed by atoms with Crippen LogP contribution in [-0.4, -0.2) is 13.7 Å². The van der Waals surface area contributed by atoms with Crippen molar-refractivity contribution < 1.29 is 4.74 Å². The number of methoxy groups -OCH3 is 1. The van der Waals surface area contributed by atoms with Gasteiger partial charge in [-0.15, -0.1) is 11.3 Å². The summed E-state index contributed by atoms with van der Waals surface area (Å²) in [6.07, 6.45) is 2.04. The lowest BCUT2D eigenvalue weighted by Gasteiger charge is -2.13. The second-order valence-electron chi connectivity index (χ2n) is 3.04. The predicted molar refractivity (Wildman–Crippen MR) is 68.2 cm³/mol. The van der Waals surface area contributed by atoms with Gasteiger partial charge in [0.15, 0.2) is 0 Å². The first kappa shape index (κ1) is 12.4. The number of nitrogens with one attached hydrogen (secondary N) is 1. The molecule has 0 aliphatic carbocycles. The van der Waals surface area contributed by atoms with Crippen LogP contribution in [0.3, 0.4) is 0 Å². The number of nitrogens with two attached hydrogens (primary N) is 1. The lowest BCUT2D eigenvalue weighted by atomic mass is 10.1. The van der Waals surface area contributed by atoms with E-state index in [2.05, 4.69) is 39.5 Å². The molecule has 0 aliphatic rings. The number of rotatable bonds is 6. The third kappa shape index (κ3) is 3.82. The summed E-state index contributed by atoms with van der Waals surface area (Å²) in [5.41, 5.74) is 4.11. The van der Waals surface area contributed by atoms with Gasteiger partial charge in [-0.1, -0.05) is 0 Å². The van der Waals surface area contributed by atoms with E-state index in [9.17, 15) is 0 Å². The molecule has 0 spiro atoms. The summed E-state index contributed by atoms with van der Waals surface area (Å²) in [6.45, 7) is 0.791. The van der Waals surface area contributed by atoms with Crippen LogP contribution in [0.5, 0.6) is 0 Å². The summed E-state index contributed by atoms with van der Waals surface area (Å²) in [4.78, 5) is 0. The molecule has 0 saturated heterocycles. The van der Waals surface area contributed by atoms with Crippen molar-refractivity contribution in [1.82, 2.24) is 5.43 Å². The number of thiophene rings is 1. The molecule has 0 bridgehead atoms. The van der Waals surface area contributed by atoms with Crippen LogP contribution in [-0.2, 0) is 4.74 Å². The molecule has 0 saturated carbocycles. The van der Waals surface area contributed by atoms with Crippen LogP contribution in [0.15, 0.2) is 11.4 Å². The number of ether oxygens (including phenoxy) is 1. The zero-order valence-corrected chi connectivity index (χ0v) is 11.1. The van der Waals surface area contributed by atoms with E-state index in [1.54, 1.807) is 18.4 Å². The monoisotopic (exact) mass is 326 g/mol. The van der Waals surface area contributed by atoms with E-state index in [1.807, 2.05) is 0 Å². The van der Waals surface area contributed by atoms with Gasteiger partial charge in [0.1, 0.15) is 0 Å². The third-order valence-electron chi connectivity index (χ3n) is 2.03. The Labute approximate surface area is 102 Å². The summed E-state index contributed by atoms with van der Waals surface area (Å²) < 4.78 is 6.31. The number of hydrogen-bond donors (Lipinski definition) is 2. The van der Waals surface area contributed by atoms with E-state index in [-0.39, 0.29) is 6.04 Å². The third-order valence-corrected chi connectivity index (χ3v) is 3.84. The molecule has 1 rings (SSSR count). The molecule has 0 aromatic carbocycles. The molecule has 1 aromatic heterocycles. The fraction of sp³-hybridized carbons (Fsp3) is 0.556. The Kier molecular flexibility index (Phi) is 5.95. The molecule has 1 atom stereocenters. The van der Waals surface area contributed by atoms with E-state index >= 15 is 0 Å². The second kappa shape index (κ2) is 6.73. The lowest BCUT2D eigenvalue weighted by molar-refractivity contribution is 0.189. The highest BCUT2D eigenvalue weighted by Crippen LogP contribution is 2.24. The van der Waals surface area contributed by atoms with Gasteiger partial charge in [0.05, 0.1) is 2.88 Å². The van der Waals surface area contributed by atoms with Crippen LogP contribution in [0, 0.1) is 2.88 Å². The van der Waals surface area contributed by atoms with Crippen LogP contribution >= 0.6 is 33.9 Å². The average molecular weight is 326 g/mol. The smallest absolute Gasteiger partial charge is 0.0656 e. The number of hydrazine groups is 1. The van der Waals surface area contributed by atoms with E-state index in [0.29, 0.717) is 0 Å².